The van der Waals surface area contributed by atoms with Crippen LogP contribution < -0.4 is 0 Å². The molecule has 0 radical (unpaired) electrons. The smallest absolute Gasteiger partial charge is 0.309 e. The molecule has 92 valence electrons. The van der Waals surface area contributed by atoms with Gasteiger partial charge in [-0.3, -0.25) is 4.79 Å². The van der Waals surface area contributed by atoms with Crippen LogP contribution in [-0.4, -0.2) is 11.1 Å². The lowest BCUT2D eigenvalue weighted by Crippen LogP contribution is -2.22. The normalized spacial score (nSPS) is 11.9. The predicted octanol–water partition coefficient (Wildman–Crippen LogP) is 3.73. The molecule has 0 spiro atoms. The van der Waals surface area contributed by atoms with Gasteiger partial charge < -0.3 is 5.11 Å². The molecule has 1 aromatic carbocycles. The maximum Gasteiger partial charge on any atom is 0.309 e. The largest absolute Gasteiger partial charge is 0.481 e. The Labute approximate surface area is 101 Å². The van der Waals surface area contributed by atoms with Gasteiger partial charge in [0.2, 0.25) is 0 Å². The first kappa shape index (κ1) is 13.4. The number of carbonyl (C=O) groups is 1. The lowest BCUT2D eigenvalue weighted by Gasteiger charge is -2.17. The highest BCUT2D eigenvalue weighted by atomic mass is 19.1. The van der Waals surface area contributed by atoms with Crippen LogP contribution in [0, 0.1) is 11.2 Å². The first-order valence-corrected chi connectivity index (χ1v) is 5.57. The van der Waals surface area contributed by atoms with E-state index in [0.717, 1.165) is 5.56 Å². The summed E-state index contributed by atoms with van der Waals surface area (Å²) in [6.45, 7) is 3.42. The molecule has 0 aromatic heterocycles. The SMILES string of the molecule is CC(C)(CC/C=C/c1ccc(F)cc1)C(=O)O. The van der Waals surface area contributed by atoms with Crippen LogP contribution in [0.5, 0.6) is 0 Å². The molecule has 0 aliphatic rings. The van der Waals surface area contributed by atoms with Crippen LogP contribution in [0.15, 0.2) is 30.3 Å². The Morgan fingerprint density at radius 1 is 1.35 bits per heavy atom. The van der Waals surface area contributed by atoms with Crippen LogP contribution in [0.3, 0.4) is 0 Å². The quantitative estimate of drug-likeness (QED) is 0.845. The summed E-state index contributed by atoms with van der Waals surface area (Å²) in [7, 11) is 0. The number of halogens is 1. The number of carboxylic acids is 1. The third-order valence-corrected chi connectivity index (χ3v) is 2.70. The maximum atomic E-state index is 12.6. The van der Waals surface area contributed by atoms with E-state index in [4.69, 9.17) is 5.11 Å². The minimum atomic E-state index is -0.785. The molecule has 0 fully saturated rings. The Bertz CT molecular complexity index is 405. The Balaban J connectivity index is 2.46. The van der Waals surface area contributed by atoms with Crippen molar-refractivity contribution in [3.8, 4) is 0 Å². The van der Waals surface area contributed by atoms with E-state index in [1.54, 1.807) is 26.0 Å². The highest BCUT2D eigenvalue weighted by Gasteiger charge is 2.25. The monoisotopic (exact) mass is 236 g/mol. The fraction of sp³-hybridized carbons (Fsp3) is 0.357. The number of allylic oxidation sites excluding steroid dienone is 1. The zero-order valence-corrected chi connectivity index (χ0v) is 10.1. The second-order valence-electron chi connectivity index (χ2n) is 4.68. The van der Waals surface area contributed by atoms with Crippen molar-refractivity contribution in [3.05, 3.63) is 41.7 Å². The molecule has 3 heteroatoms. The van der Waals surface area contributed by atoms with Gasteiger partial charge >= 0.3 is 5.97 Å². The molecule has 1 N–H and O–H groups in total. The van der Waals surface area contributed by atoms with Crippen LogP contribution in [0.4, 0.5) is 4.39 Å². The summed E-state index contributed by atoms with van der Waals surface area (Å²) in [5.41, 5.74) is 0.215. The van der Waals surface area contributed by atoms with E-state index in [-0.39, 0.29) is 5.82 Å². The Morgan fingerprint density at radius 2 is 1.94 bits per heavy atom. The number of aliphatic carboxylic acids is 1. The van der Waals surface area contributed by atoms with Crippen LogP contribution >= 0.6 is 0 Å². The summed E-state index contributed by atoms with van der Waals surface area (Å²) in [6, 6.07) is 6.18. The lowest BCUT2D eigenvalue weighted by atomic mass is 9.88. The van der Waals surface area contributed by atoms with Crippen LogP contribution in [0.25, 0.3) is 6.08 Å². The fourth-order valence-corrected chi connectivity index (χ4v) is 1.34. The Morgan fingerprint density at radius 3 is 2.47 bits per heavy atom. The zero-order chi connectivity index (χ0) is 12.9. The molecule has 0 bridgehead atoms. The summed E-state index contributed by atoms with van der Waals surface area (Å²) >= 11 is 0. The molecule has 0 unspecified atom stereocenters. The van der Waals surface area contributed by atoms with Crippen LogP contribution in [0.2, 0.25) is 0 Å². The van der Waals surface area contributed by atoms with E-state index in [1.807, 2.05) is 12.2 Å². The van der Waals surface area contributed by atoms with Gasteiger partial charge in [-0.25, -0.2) is 4.39 Å². The van der Waals surface area contributed by atoms with Crippen molar-refractivity contribution in [3.63, 3.8) is 0 Å². The number of hydrogen-bond donors (Lipinski definition) is 1. The third kappa shape index (κ3) is 4.39. The van der Waals surface area contributed by atoms with Crippen LogP contribution in [-0.2, 0) is 4.79 Å². The van der Waals surface area contributed by atoms with Crippen molar-refractivity contribution in [2.75, 3.05) is 0 Å². The molecule has 0 atom stereocenters. The summed E-state index contributed by atoms with van der Waals surface area (Å²) in [4.78, 5) is 10.9. The third-order valence-electron chi connectivity index (χ3n) is 2.70. The second-order valence-corrected chi connectivity index (χ2v) is 4.68. The average molecular weight is 236 g/mol. The number of benzene rings is 1. The van der Waals surface area contributed by atoms with Crippen molar-refractivity contribution in [1.29, 1.82) is 0 Å². The Kier molecular flexibility index (Phi) is 4.44. The van der Waals surface area contributed by atoms with Gasteiger partial charge in [-0.2, -0.15) is 0 Å². The first-order chi connectivity index (χ1) is 7.92. The summed E-state index contributed by atoms with van der Waals surface area (Å²) in [6.07, 6.45) is 5.06. The molecule has 0 aliphatic heterocycles. The van der Waals surface area contributed by atoms with E-state index in [0.29, 0.717) is 12.8 Å². The van der Waals surface area contributed by atoms with Gasteiger partial charge in [0.15, 0.2) is 0 Å². The summed E-state index contributed by atoms with van der Waals surface area (Å²) in [5.74, 6) is -1.04. The molecule has 0 amide bonds. The topological polar surface area (TPSA) is 37.3 Å². The van der Waals surface area contributed by atoms with Crippen molar-refractivity contribution in [2.45, 2.75) is 26.7 Å². The number of rotatable bonds is 5. The standard InChI is InChI=1S/C14H17FO2/c1-14(2,13(16)17)10-4-3-5-11-6-8-12(15)9-7-11/h3,5-9H,4,10H2,1-2H3,(H,16,17)/b5-3+. The molecule has 17 heavy (non-hydrogen) atoms. The highest BCUT2D eigenvalue weighted by molar-refractivity contribution is 5.73. The van der Waals surface area contributed by atoms with Gasteiger partial charge in [0.25, 0.3) is 0 Å². The predicted molar refractivity (Wildman–Crippen MR) is 66.1 cm³/mol. The first-order valence-electron chi connectivity index (χ1n) is 5.57. The highest BCUT2D eigenvalue weighted by Crippen LogP contribution is 2.22. The molecule has 0 saturated carbocycles. The number of carboxylic acid groups (broad SMARTS) is 1. The molecule has 2 nitrogen and oxygen atoms in total. The summed E-state index contributed by atoms with van der Waals surface area (Å²) < 4.78 is 12.6. The van der Waals surface area contributed by atoms with Crippen molar-refractivity contribution < 1.29 is 14.3 Å². The molecule has 0 aliphatic carbocycles. The van der Waals surface area contributed by atoms with Gasteiger partial charge in [-0.05, 0) is 44.4 Å². The summed E-state index contributed by atoms with van der Waals surface area (Å²) in [5, 5.41) is 8.92. The van der Waals surface area contributed by atoms with Gasteiger partial charge in [0.05, 0.1) is 5.41 Å². The average Bonchev–Trinajstić information content (AvgIpc) is 2.26. The zero-order valence-electron chi connectivity index (χ0n) is 10.1. The van der Waals surface area contributed by atoms with Crippen molar-refractivity contribution in [2.24, 2.45) is 5.41 Å². The van der Waals surface area contributed by atoms with E-state index in [1.165, 1.54) is 12.1 Å². The molecule has 1 rings (SSSR count). The van der Waals surface area contributed by atoms with E-state index in [9.17, 15) is 9.18 Å². The molecule has 0 saturated heterocycles. The Hall–Kier alpha value is -1.64. The minimum absolute atomic E-state index is 0.255. The second kappa shape index (κ2) is 5.62. The number of hydrogen-bond acceptors (Lipinski definition) is 1. The molecule has 1 aromatic rings. The van der Waals surface area contributed by atoms with Crippen molar-refractivity contribution >= 4 is 12.0 Å². The van der Waals surface area contributed by atoms with E-state index >= 15 is 0 Å². The maximum absolute atomic E-state index is 12.6. The van der Waals surface area contributed by atoms with Gasteiger partial charge in [0.1, 0.15) is 5.82 Å². The van der Waals surface area contributed by atoms with Gasteiger partial charge in [-0.1, -0.05) is 24.3 Å². The molecular formula is C14H17FO2. The van der Waals surface area contributed by atoms with Crippen molar-refractivity contribution in [1.82, 2.24) is 0 Å². The molecular weight excluding hydrogens is 219 g/mol. The molecule has 0 heterocycles. The van der Waals surface area contributed by atoms with Gasteiger partial charge in [-0.15, -0.1) is 0 Å². The lowest BCUT2D eigenvalue weighted by molar-refractivity contribution is -0.147. The minimum Gasteiger partial charge on any atom is -0.481 e. The van der Waals surface area contributed by atoms with E-state index in [2.05, 4.69) is 0 Å². The fourth-order valence-electron chi connectivity index (χ4n) is 1.34. The van der Waals surface area contributed by atoms with Crippen LogP contribution in [0.1, 0.15) is 32.3 Å². The van der Waals surface area contributed by atoms with E-state index < -0.39 is 11.4 Å². The van der Waals surface area contributed by atoms with Gasteiger partial charge in [0, 0.05) is 0 Å².